The third kappa shape index (κ3) is 2.87. The van der Waals surface area contributed by atoms with Crippen molar-refractivity contribution in [2.75, 3.05) is 0 Å². The second-order valence-corrected chi connectivity index (χ2v) is 3.70. The lowest BCUT2D eigenvalue weighted by atomic mass is 10.0. The number of aryl methyl sites for hydroxylation is 1. The summed E-state index contributed by atoms with van der Waals surface area (Å²) >= 11 is 0. The number of nitrogens with zero attached hydrogens (tertiary/aromatic N) is 2. The number of rotatable bonds is 4. The van der Waals surface area contributed by atoms with Crippen molar-refractivity contribution in [3.8, 4) is 0 Å². The molecule has 2 rings (SSSR count). The van der Waals surface area contributed by atoms with E-state index in [1.54, 1.807) is 18.6 Å². The van der Waals surface area contributed by atoms with Gasteiger partial charge in [-0.25, -0.2) is 0 Å². The van der Waals surface area contributed by atoms with Crippen LogP contribution in [0.15, 0.2) is 49.1 Å². The first-order valence-corrected chi connectivity index (χ1v) is 5.33. The maximum absolute atomic E-state index is 9.92. The summed E-state index contributed by atoms with van der Waals surface area (Å²) in [6.07, 6.45) is 8.05. The topological polar surface area (TPSA) is 46.0 Å². The zero-order valence-corrected chi connectivity index (χ0v) is 8.95. The van der Waals surface area contributed by atoms with Crippen LogP contribution in [0.25, 0.3) is 0 Å². The molecule has 0 fully saturated rings. The molecule has 0 radical (unpaired) electrons. The highest BCUT2D eigenvalue weighted by Crippen LogP contribution is 2.17. The number of hydrogen-bond acceptors (Lipinski definition) is 3. The molecular weight excluding hydrogens is 200 g/mol. The lowest BCUT2D eigenvalue weighted by molar-refractivity contribution is 0.167. The number of pyridine rings is 2. The Kier molecular flexibility index (Phi) is 3.62. The zero-order chi connectivity index (χ0) is 11.2. The monoisotopic (exact) mass is 214 g/mol. The van der Waals surface area contributed by atoms with Gasteiger partial charge < -0.3 is 5.11 Å². The summed E-state index contributed by atoms with van der Waals surface area (Å²) in [6.45, 7) is 0. The van der Waals surface area contributed by atoms with Crippen LogP contribution < -0.4 is 0 Å². The first-order valence-electron chi connectivity index (χ1n) is 5.33. The van der Waals surface area contributed by atoms with Crippen LogP contribution in [0.3, 0.4) is 0 Å². The molecule has 0 amide bonds. The Balaban J connectivity index is 1.92. The van der Waals surface area contributed by atoms with E-state index in [2.05, 4.69) is 9.97 Å². The fourth-order valence-corrected chi connectivity index (χ4v) is 1.59. The van der Waals surface area contributed by atoms with Crippen LogP contribution in [0.2, 0.25) is 0 Å². The number of hydrogen-bond donors (Lipinski definition) is 1. The van der Waals surface area contributed by atoms with Crippen LogP contribution in [0.5, 0.6) is 0 Å². The van der Waals surface area contributed by atoms with Crippen molar-refractivity contribution in [1.29, 1.82) is 0 Å². The summed E-state index contributed by atoms with van der Waals surface area (Å²) in [5.41, 5.74) is 2.01. The molecule has 0 bridgehead atoms. The van der Waals surface area contributed by atoms with E-state index in [9.17, 15) is 5.11 Å². The van der Waals surface area contributed by atoms with Crippen LogP contribution in [0.1, 0.15) is 23.7 Å². The molecule has 0 aliphatic heterocycles. The van der Waals surface area contributed by atoms with E-state index >= 15 is 0 Å². The minimum Gasteiger partial charge on any atom is -0.388 e. The Labute approximate surface area is 94.8 Å². The molecule has 0 spiro atoms. The minimum absolute atomic E-state index is 0.450. The summed E-state index contributed by atoms with van der Waals surface area (Å²) in [5.74, 6) is 0. The van der Waals surface area contributed by atoms with Crippen LogP contribution in [0.4, 0.5) is 0 Å². The molecule has 3 nitrogen and oxygen atoms in total. The van der Waals surface area contributed by atoms with Crippen molar-refractivity contribution in [1.82, 2.24) is 9.97 Å². The van der Waals surface area contributed by atoms with Gasteiger partial charge in [-0.2, -0.15) is 0 Å². The van der Waals surface area contributed by atoms with Gasteiger partial charge in [0, 0.05) is 24.8 Å². The Hall–Kier alpha value is -1.74. The van der Waals surface area contributed by atoms with E-state index in [4.69, 9.17) is 0 Å². The maximum Gasteiger partial charge on any atom is 0.0808 e. The van der Waals surface area contributed by atoms with Gasteiger partial charge in [-0.3, -0.25) is 9.97 Å². The Bertz CT molecular complexity index is 416. The smallest absolute Gasteiger partial charge is 0.0808 e. The highest BCUT2D eigenvalue weighted by molar-refractivity contribution is 5.13. The van der Waals surface area contributed by atoms with Gasteiger partial charge >= 0.3 is 0 Å². The molecule has 1 atom stereocenters. The molecule has 82 valence electrons. The fraction of sp³-hybridized carbons (Fsp3) is 0.231. The molecule has 16 heavy (non-hydrogen) atoms. The van der Waals surface area contributed by atoms with Crippen molar-refractivity contribution >= 4 is 0 Å². The molecule has 2 aromatic heterocycles. The summed E-state index contributed by atoms with van der Waals surface area (Å²) < 4.78 is 0. The van der Waals surface area contributed by atoms with Gasteiger partial charge in [0.05, 0.1) is 6.10 Å². The van der Waals surface area contributed by atoms with Gasteiger partial charge in [-0.1, -0.05) is 12.1 Å². The van der Waals surface area contributed by atoms with Crippen molar-refractivity contribution < 1.29 is 5.11 Å². The van der Waals surface area contributed by atoms with Gasteiger partial charge in [-0.05, 0) is 36.1 Å². The number of aliphatic hydroxyl groups is 1. The average molecular weight is 214 g/mol. The molecule has 0 saturated heterocycles. The lowest BCUT2D eigenvalue weighted by Crippen LogP contribution is -2.00. The highest BCUT2D eigenvalue weighted by Gasteiger charge is 2.07. The summed E-state index contributed by atoms with van der Waals surface area (Å²) in [4.78, 5) is 8.03. The molecule has 1 N–H and O–H groups in total. The third-order valence-corrected chi connectivity index (χ3v) is 2.50. The second-order valence-electron chi connectivity index (χ2n) is 3.70. The number of aromatic nitrogens is 2. The fourth-order valence-electron chi connectivity index (χ4n) is 1.59. The van der Waals surface area contributed by atoms with Crippen molar-refractivity contribution in [2.45, 2.75) is 18.9 Å². The minimum atomic E-state index is -0.450. The molecule has 0 aliphatic carbocycles. The quantitative estimate of drug-likeness (QED) is 0.848. The van der Waals surface area contributed by atoms with E-state index in [0.717, 1.165) is 17.5 Å². The van der Waals surface area contributed by atoms with Gasteiger partial charge in [-0.15, -0.1) is 0 Å². The van der Waals surface area contributed by atoms with Crippen molar-refractivity contribution in [3.63, 3.8) is 0 Å². The van der Waals surface area contributed by atoms with Crippen molar-refractivity contribution in [2.24, 2.45) is 0 Å². The van der Waals surface area contributed by atoms with Gasteiger partial charge in [0.1, 0.15) is 0 Å². The van der Waals surface area contributed by atoms with E-state index < -0.39 is 6.10 Å². The molecule has 3 heteroatoms. The van der Waals surface area contributed by atoms with Crippen LogP contribution in [0, 0.1) is 0 Å². The largest absolute Gasteiger partial charge is 0.388 e. The Morgan fingerprint density at radius 3 is 2.44 bits per heavy atom. The van der Waals surface area contributed by atoms with Crippen molar-refractivity contribution in [3.05, 3.63) is 60.2 Å². The third-order valence-electron chi connectivity index (χ3n) is 2.50. The van der Waals surface area contributed by atoms with E-state index in [1.807, 2.05) is 30.5 Å². The standard InChI is InChI=1S/C13H14N2O/c16-13(12-4-2-8-15-10-12)6-5-11-3-1-7-14-9-11/h1-4,7-10,13,16H,5-6H2. The maximum atomic E-state index is 9.92. The highest BCUT2D eigenvalue weighted by atomic mass is 16.3. The van der Waals surface area contributed by atoms with E-state index in [0.29, 0.717) is 6.42 Å². The zero-order valence-electron chi connectivity index (χ0n) is 8.95. The second kappa shape index (κ2) is 5.37. The molecule has 0 aliphatic rings. The Morgan fingerprint density at radius 1 is 1.06 bits per heavy atom. The summed E-state index contributed by atoms with van der Waals surface area (Å²) in [7, 11) is 0. The van der Waals surface area contributed by atoms with Gasteiger partial charge in [0.25, 0.3) is 0 Å². The van der Waals surface area contributed by atoms with E-state index in [-0.39, 0.29) is 0 Å². The number of aliphatic hydroxyl groups excluding tert-OH is 1. The van der Waals surface area contributed by atoms with Crippen LogP contribution >= 0.6 is 0 Å². The van der Waals surface area contributed by atoms with Gasteiger partial charge in [0.15, 0.2) is 0 Å². The first kappa shape index (κ1) is 10.8. The van der Waals surface area contributed by atoms with Crippen LogP contribution in [-0.2, 0) is 6.42 Å². The van der Waals surface area contributed by atoms with Crippen LogP contribution in [-0.4, -0.2) is 15.1 Å². The van der Waals surface area contributed by atoms with Gasteiger partial charge in [0.2, 0.25) is 0 Å². The molecular formula is C13H14N2O. The summed E-state index contributed by atoms with van der Waals surface area (Å²) in [6, 6.07) is 7.65. The first-order chi connectivity index (χ1) is 7.86. The predicted octanol–water partition coefficient (Wildman–Crippen LogP) is 2.14. The normalized spacial score (nSPS) is 12.3. The molecule has 1 unspecified atom stereocenters. The Morgan fingerprint density at radius 2 is 1.81 bits per heavy atom. The molecule has 2 heterocycles. The molecule has 0 saturated carbocycles. The molecule has 0 aromatic carbocycles. The predicted molar refractivity (Wildman–Crippen MR) is 61.8 cm³/mol. The summed E-state index contributed by atoms with van der Waals surface area (Å²) in [5, 5.41) is 9.92. The lowest BCUT2D eigenvalue weighted by Gasteiger charge is -2.09. The van der Waals surface area contributed by atoms with E-state index in [1.165, 1.54) is 0 Å². The SMILES string of the molecule is OC(CCc1cccnc1)c1cccnc1. The molecule has 2 aromatic rings. The average Bonchev–Trinajstić information content (AvgIpc) is 2.38.